The van der Waals surface area contributed by atoms with Gasteiger partial charge in [0.15, 0.2) is 5.82 Å². The van der Waals surface area contributed by atoms with Gasteiger partial charge in [-0.3, -0.25) is 38.1 Å². The first kappa shape index (κ1) is 57.5. The molecular weight excluding hydrogens is 1040 g/mol. The molecule has 3 aromatic rings. The molecule has 10 rings (SSSR count). The van der Waals surface area contributed by atoms with Crippen molar-refractivity contribution in [1.82, 2.24) is 19.5 Å². The van der Waals surface area contributed by atoms with E-state index < -0.39 is 129 Å². The summed E-state index contributed by atoms with van der Waals surface area (Å²) in [7, 11) is 1.41. The fraction of sp³-hybridized carbons (Fsp3) is 0.508. The number of ether oxygens (including phenoxy) is 4. The summed E-state index contributed by atoms with van der Waals surface area (Å²) in [5.41, 5.74) is -0.985. The van der Waals surface area contributed by atoms with Crippen LogP contribution in [0.5, 0.6) is 11.5 Å². The van der Waals surface area contributed by atoms with Crippen molar-refractivity contribution < 1.29 is 72.5 Å². The maximum Gasteiger partial charge on any atom is 0.341 e. The van der Waals surface area contributed by atoms with E-state index in [0.29, 0.717) is 54.9 Å². The molecule has 3 fully saturated rings. The summed E-state index contributed by atoms with van der Waals surface area (Å²) in [6, 6.07) is 1.21. The van der Waals surface area contributed by atoms with E-state index in [1.54, 1.807) is 51.7 Å². The average molecular weight is 1110 g/mol. The highest BCUT2D eigenvalue weighted by Gasteiger charge is 2.54. The van der Waals surface area contributed by atoms with E-state index in [1.165, 1.54) is 53.0 Å². The molecule has 80 heavy (non-hydrogen) atoms. The number of aliphatic hydroxyl groups excluding tert-OH is 2. The average Bonchev–Trinajstić information content (AvgIpc) is 4.18. The highest BCUT2D eigenvalue weighted by molar-refractivity contribution is 6.32. The Labute approximate surface area is 462 Å². The van der Waals surface area contributed by atoms with Crippen LogP contribution < -0.4 is 20.5 Å². The van der Waals surface area contributed by atoms with Gasteiger partial charge in [-0.2, -0.15) is 0 Å². The molecule has 21 heteroatoms. The number of halogens is 1. The van der Waals surface area contributed by atoms with Crippen molar-refractivity contribution in [3.05, 3.63) is 115 Å². The van der Waals surface area contributed by atoms with Gasteiger partial charge in [0, 0.05) is 101 Å². The number of allylic oxidation sites excluding steroid dienone is 4. The number of phenolic OH excluding ortho intramolecular Hbond substituents is 1. The van der Waals surface area contributed by atoms with E-state index in [0.717, 1.165) is 29.7 Å². The molecule has 0 radical (unpaired) electrons. The number of nitrogens with one attached hydrogen (secondary N) is 1. The summed E-state index contributed by atoms with van der Waals surface area (Å²) in [4.78, 5) is 103. The Kier molecular flexibility index (Phi) is 15.8. The quantitative estimate of drug-likeness (QED) is 0.183. The summed E-state index contributed by atoms with van der Waals surface area (Å²) < 4.78 is 41.2. The van der Waals surface area contributed by atoms with E-state index in [1.807, 2.05) is 4.90 Å². The smallest absolute Gasteiger partial charge is 0.341 e. The molecule has 1 amide bonds. The van der Waals surface area contributed by atoms with E-state index in [9.17, 15) is 44.4 Å². The Morgan fingerprint density at radius 3 is 2.17 bits per heavy atom. The Balaban J connectivity index is 1.05. The van der Waals surface area contributed by atoms with Crippen LogP contribution in [-0.2, 0) is 23.8 Å². The molecule has 1 aromatic carbocycles. The van der Waals surface area contributed by atoms with Gasteiger partial charge in [-0.05, 0) is 69.2 Å². The number of aryl methyl sites for hydroxylation is 1. The van der Waals surface area contributed by atoms with Gasteiger partial charge < -0.3 is 54.5 Å². The lowest BCUT2D eigenvalue weighted by Crippen LogP contribution is -2.51. The summed E-state index contributed by atoms with van der Waals surface area (Å²) in [5, 5.41) is 47.5. The molecule has 2 aromatic heterocycles. The monoisotopic (exact) mass is 1110 g/mol. The molecular formula is C59H70FN5O15. The number of aromatic hydroxyl groups is 1. The number of carboxylic acids is 1. The number of aromatic nitrogens is 1. The van der Waals surface area contributed by atoms with Crippen molar-refractivity contribution in [2.24, 2.45) is 23.7 Å². The van der Waals surface area contributed by atoms with Gasteiger partial charge in [0.05, 0.1) is 58.7 Å². The number of anilines is 1. The number of benzene rings is 1. The third kappa shape index (κ3) is 10.1. The van der Waals surface area contributed by atoms with Crippen LogP contribution in [0.25, 0.3) is 5.52 Å². The van der Waals surface area contributed by atoms with E-state index in [-0.39, 0.29) is 53.2 Å². The minimum atomic E-state index is -2.16. The number of pyridine rings is 2. The summed E-state index contributed by atoms with van der Waals surface area (Å²) in [6.45, 7) is 16.1. The van der Waals surface area contributed by atoms with Crippen LogP contribution in [0.4, 0.5) is 10.1 Å². The van der Waals surface area contributed by atoms with E-state index >= 15 is 14.0 Å². The minimum Gasteiger partial charge on any atom is -0.507 e. The lowest BCUT2D eigenvalue weighted by Gasteiger charge is -2.40. The lowest BCUT2D eigenvalue weighted by atomic mass is 9.78. The number of Topliss-reactive ketones (excluding diaryl/α,β-unsaturated/α-hetero) is 3. The number of hydrogen-bond acceptors (Lipinski definition) is 17. The molecule has 20 nitrogen and oxygen atoms in total. The first-order valence-corrected chi connectivity index (χ1v) is 27.2. The van der Waals surface area contributed by atoms with Crippen LogP contribution in [0.15, 0.2) is 64.6 Å². The maximum absolute atomic E-state index is 16.2. The fourth-order valence-corrected chi connectivity index (χ4v) is 12.4. The predicted molar refractivity (Wildman–Crippen MR) is 289 cm³/mol. The normalized spacial score (nSPS) is 30.5. The van der Waals surface area contributed by atoms with Gasteiger partial charge in [-0.1, -0.05) is 45.9 Å². The van der Waals surface area contributed by atoms with Crippen molar-refractivity contribution in [1.29, 1.82) is 0 Å². The number of hydrogen-bond donors (Lipinski definition) is 5. The molecule has 5 bridgehead atoms. The number of fused-ring (bicyclic) bond motifs is 15. The molecule has 1 unspecified atom stereocenters. The molecule has 7 heterocycles. The number of carboxylic acid groups (broad SMARTS) is 1. The van der Waals surface area contributed by atoms with Crippen LogP contribution in [0.2, 0.25) is 0 Å². The molecule has 5 N–H and O–H groups in total. The Morgan fingerprint density at radius 1 is 0.850 bits per heavy atom. The number of likely N-dealkylation sites (tertiary alicyclic amines) is 1. The van der Waals surface area contributed by atoms with Gasteiger partial charge in [-0.25, -0.2) is 9.18 Å². The zero-order valence-electron chi connectivity index (χ0n) is 46.6. The number of amides is 1. The largest absolute Gasteiger partial charge is 0.507 e. The molecule has 10 atom stereocenters. The molecule has 2 aliphatic carbocycles. The number of nitrogens with zero attached hydrogens (tertiary/aromatic N) is 4. The highest BCUT2D eigenvalue weighted by atomic mass is 19.1. The molecule has 7 aliphatic rings. The van der Waals surface area contributed by atoms with E-state index in [4.69, 9.17) is 18.9 Å². The number of phenols is 1. The van der Waals surface area contributed by atoms with Crippen LogP contribution in [0.3, 0.4) is 0 Å². The fourth-order valence-electron chi connectivity index (χ4n) is 12.4. The summed E-state index contributed by atoms with van der Waals surface area (Å²) in [6.07, 6.45) is 6.39. The number of aliphatic hydroxyl groups is 2. The maximum atomic E-state index is 16.2. The van der Waals surface area contributed by atoms with Crippen molar-refractivity contribution in [3.8, 4) is 11.5 Å². The first-order valence-electron chi connectivity index (χ1n) is 27.2. The molecule has 428 valence electrons. The third-order valence-corrected chi connectivity index (χ3v) is 17.2. The number of rotatable bonds is 7. The Morgan fingerprint density at radius 2 is 1.54 bits per heavy atom. The Bertz CT molecular complexity index is 3300. The predicted octanol–water partition coefficient (Wildman–Crippen LogP) is 5.49. The zero-order valence-corrected chi connectivity index (χ0v) is 46.6. The number of aromatic carboxylic acids is 1. The number of carbonyl (C=O) groups excluding carboxylic acids is 5. The van der Waals surface area contributed by atoms with Crippen molar-refractivity contribution in [2.75, 3.05) is 51.3 Å². The van der Waals surface area contributed by atoms with E-state index in [2.05, 4.69) is 10.2 Å². The van der Waals surface area contributed by atoms with Crippen LogP contribution in [-0.4, -0.2) is 152 Å². The van der Waals surface area contributed by atoms with Crippen LogP contribution >= 0.6 is 0 Å². The lowest BCUT2D eigenvalue weighted by molar-refractivity contribution is -0.160. The second-order valence-electron chi connectivity index (χ2n) is 22.5. The second-order valence-corrected chi connectivity index (χ2v) is 22.5. The van der Waals surface area contributed by atoms with Gasteiger partial charge in [0.25, 0.3) is 17.2 Å². The first-order chi connectivity index (χ1) is 37.8. The highest BCUT2D eigenvalue weighted by Crippen LogP contribution is 2.50. The molecule has 2 saturated heterocycles. The van der Waals surface area contributed by atoms with Gasteiger partial charge in [0.2, 0.25) is 11.6 Å². The summed E-state index contributed by atoms with van der Waals surface area (Å²) >= 11 is 0. The zero-order chi connectivity index (χ0) is 58.1. The number of ketones is 3. The van der Waals surface area contributed by atoms with Gasteiger partial charge >= 0.3 is 17.7 Å². The Hall–Kier alpha value is -7.20. The minimum absolute atomic E-state index is 0.0418. The molecule has 0 spiro atoms. The number of esters is 1. The third-order valence-electron chi connectivity index (χ3n) is 17.2. The topological polar surface area (TPSA) is 263 Å². The van der Waals surface area contributed by atoms with Crippen LogP contribution in [0, 0.1) is 43.3 Å². The SMILES string of the molecule is CO[C@H]1/C=C/O[C@@]2(C)Oc3c(C)c(O)c4c(c3C2=O)C(=O)C(N2CCC(N3CCN(c5c(F)cn6c(=O)c(C(=O)O)cc(C7CC7)c6c5C)CC3)C2)=C(NC(=O)/C(C)=C\C=C\[C@H](C)[C@H](O)[C@@H](C)[C@@H](O)[C@@H](C)[C@H](OC(C)=O)[C@@H]1C)C4=O. The number of carbonyl (C=O) groups is 6. The van der Waals surface area contributed by atoms with Crippen molar-refractivity contribution in [2.45, 2.75) is 124 Å². The number of piperazine rings is 1. The number of methoxy groups -OCH3 is 1. The standard InChI is InChI=1S/C59H70FN5O15/c1-27-12-11-13-28(2)56(73)61-44-47(64-18-16-36(25-64)62-19-21-63(22-20-62)46-30(4)45-37(35-14-15-35)24-38(58(75)76)57(74)65(45)26-39(46)60)52(71)41-42(51(44)70)50(69)33(7)54-43(41)55(72)59(9,80-54)78-23-17-40(77-10)29(3)53(79-34(8)66)32(6)49(68)31(5)48(27)67/h11-13,17,23-24,26-27,29,31-32,35-36,40,48-49,53,67-69H,14-16,18-22,25H2,1-10H3,(H,61,73)(H,75,76)/b12-11+,23-17+,28-13-/t27-,29+,31+,32+,36?,40-,48-,49+,53+,59-/m0/s1. The van der Waals surface area contributed by atoms with Crippen molar-refractivity contribution in [3.63, 3.8) is 0 Å². The van der Waals surface area contributed by atoms with Gasteiger partial charge in [0.1, 0.15) is 34.6 Å². The second kappa shape index (κ2) is 22.0. The molecule has 1 saturated carbocycles. The molecule has 5 aliphatic heterocycles. The summed E-state index contributed by atoms with van der Waals surface area (Å²) in [5.74, 6) is -11.7. The van der Waals surface area contributed by atoms with Crippen LogP contribution in [0.1, 0.15) is 132 Å². The van der Waals surface area contributed by atoms with Crippen molar-refractivity contribution >= 4 is 46.4 Å². The van der Waals surface area contributed by atoms with Gasteiger partial charge in [-0.15, -0.1) is 0 Å².